The van der Waals surface area contributed by atoms with E-state index in [4.69, 9.17) is 5.11 Å². The monoisotopic (exact) mass is 546 g/mol. The van der Waals surface area contributed by atoms with Crippen LogP contribution in [0.15, 0.2) is 60.7 Å². The molecule has 206 valence electrons. The molecule has 40 heavy (non-hydrogen) atoms. The lowest BCUT2D eigenvalue weighted by molar-refractivity contribution is -0.139. The number of carbonyl (C=O) groups excluding carboxylic acids is 5. The molecule has 1 aliphatic heterocycles. The van der Waals surface area contributed by atoms with Gasteiger partial charge in [0.05, 0.1) is 30.4 Å². The van der Waals surface area contributed by atoms with Gasteiger partial charge in [0.1, 0.15) is 24.6 Å². The highest BCUT2D eigenvalue weighted by Gasteiger charge is 2.37. The van der Waals surface area contributed by atoms with Crippen LogP contribution in [-0.2, 0) is 24.0 Å². The van der Waals surface area contributed by atoms with E-state index < -0.39 is 54.6 Å². The van der Waals surface area contributed by atoms with Gasteiger partial charge in [-0.05, 0) is 47.2 Å². The van der Waals surface area contributed by atoms with Crippen molar-refractivity contribution in [1.82, 2.24) is 10.6 Å². The van der Waals surface area contributed by atoms with Gasteiger partial charge in [-0.25, -0.2) is 0 Å². The number of anilines is 2. The second kappa shape index (κ2) is 11.6. The Morgan fingerprint density at radius 3 is 2.38 bits per heavy atom. The number of aliphatic carboxylic acids is 1. The zero-order valence-electron chi connectivity index (χ0n) is 21.4. The minimum absolute atomic E-state index is 0.0733. The molecule has 4 amide bonds. The molecule has 0 aromatic heterocycles. The van der Waals surface area contributed by atoms with E-state index in [0.717, 1.165) is 4.90 Å². The van der Waals surface area contributed by atoms with Crippen molar-refractivity contribution in [2.45, 2.75) is 25.4 Å². The molecule has 3 aromatic carbocycles. The average molecular weight is 547 g/mol. The van der Waals surface area contributed by atoms with Gasteiger partial charge < -0.3 is 30.5 Å². The van der Waals surface area contributed by atoms with Crippen LogP contribution in [0.1, 0.15) is 23.7 Å². The molecule has 0 aliphatic carbocycles. The molecule has 0 saturated heterocycles. The number of para-hydroxylation sites is 2. The molecule has 2 atom stereocenters. The predicted molar refractivity (Wildman–Crippen MR) is 144 cm³/mol. The van der Waals surface area contributed by atoms with E-state index in [-0.39, 0.29) is 29.8 Å². The number of benzene rings is 3. The molecule has 0 bridgehead atoms. The van der Waals surface area contributed by atoms with E-state index in [1.54, 1.807) is 42.5 Å². The second-order valence-electron chi connectivity index (χ2n) is 9.22. The van der Waals surface area contributed by atoms with E-state index in [1.165, 1.54) is 30.0 Å². The van der Waals surface area contributed by atoms with Crippen LogP contribution >= 0.6 is 0 Å². The lowest BCUT2D eigenvalue weighted by atomic mass is 10.1. The fourth-order valence-corrected chi connectivity index (χ4v) is 4.49. The summed E-state index contributed by atoms with van der Waals surface area (Å²) in [4.78, 5) is 77.0. The maximum atomic E-state index is 13.8. The number of hydrogen-bond donors (Lipinski definition) is 4. The van der Waals surface area contributed by atoms with Crippen molar-refractivity contribution in [3.05, 3.63) is 66.2 Å². The predicted octanol–water partition coefficient (Wildman–Crippen LogP) is 1.20. The van der Waals surface area contributed by atoms with Crippen molar-refractivity contribution in [2.24, 2.45) is 0 Å². The third-order valence-corrected chi connectivity index (χ3v) is 6.37. The molecule has 1 aliphatic rings. The minimum atomic E-state index is -1.30. The summed E-state index contributed by atoms with van der Waals surface area (Å²) >= 11 is 0. The Bertz CT molecular complexity index is 1520. The zero-order valence-corrected chi connectivity index (χ0v) is 21.4. The number of carboxylic acid groups (broad SMARTS) is 1. The van der Waals surface area contributed by atoms with Crippen LogP contribution in [0.2, 0.25) is 0 Å². The van der Waals surface area contributed by atoms with Crippen molar-refractivity contribution < 1.29 is 39.0 Å². The van der Waals surface area contributed by atoms with E-state index in [1.807, 2.05) is 0 Å². The summed E-state index contributed by atoms with van der Waals surface area (Å²) in [5.41, 5.74) is 0.783. The summed E-state index contributed by atoms with van der Waals surface area (Å²) < 4.78 is 0. The normalized spacial score (nSPS) is 15.5. The number of hydrogen-bond acceptors (Lipinski definition) is 7. The summed E-state index contributed by atoms with van der Waals surface area (Å²) in [5, 5.41) is 25.0. The quantitative estimate of drug-likeness (QED) is 0.305. The smallest absolute Gasteiger partial charge is 0.305 e. The summed E-state index contributed by atoms with van der Waals surface area (Å²) in [5.74, 6) is -3.72. The van der Waals surface area contributed by atoms with E-state index in [9.17, 15) is 33.9 Å². The molecular weight excluding hydrogens is 520 g/mol. The van der Waals surface area contributed by atoms with Crippen LogP contribution in [0, 0.1) is 0 Å². The Morgan fingerprint density at radius 2 is 1.70 bits per heavy atom. The topological polar surface area (TPSA) is 173 Å². The average Bonchev–Trinajstić information content (AvgIpc) is 3.02. The highest BCUT2D eigenvalue weighted by Crippen LogP contribution is 2.33. The van der Waals surface area contributed by atoms with Crippen LogP contribution in [0.3, 0.4) is 0 Å². The minimum Gasteiger partial charge on any atom is -0.508 e. The van der Waals surface area contributed by atoms with Gasteiger partial charge in [0, 0.05) is 12.5 Å². The summed E-state index contributed by atoms with van der Waals surface area (Å²) in [6, 6.07) is 13.3. The molecule has 0 spiro atoms. The van der Waals surface area contributed by atoms with Crippen LogP contribution in [-0.4, -0.2) is 71.3 Å². The first-order chi connectivity index (χ1) is 19.1. The Morgan fingerprint density at radius 1 is 1.02 bits per heavy atom. The molecule has 0 unspecified atom stereocenters. The molecule has 0 saturated carbocycles. The number of carboxylic acids is 1. The molecular formula is C28H26N4O8. The first-order valence-electron chi connectivity index (χ1n) is 12.3. The van der Waals surface area contributed by atoms with E-state index in [0.29, 0.717) is 16.5 Å². The second-order valence-corrected chi connectivity index (χ2v) is 9.22. The number of fused-ring (bicyclic) bond motifs is 2. The Hall–Kier alpha value is -5.26. The Labute approximate surface area is 228 Å². The van der Waals surface area contributed by atoms with Crippen LogP contribution in [0.25, 0.3) is 10.8 Å². The van der Waals surface area contributed by atoms with Crippen molar-refractivity contribution in [1.29, 1.82) is 0 Å². The summed E-state index contributed by atoms with van der Waals surface area (Å²) in [7, 11) is 0. The maximum absolute atomic E-state index is 13.8. The van der Waals surface area contributed by atoms with Crippen LogP contribution < -0.4 is 20.4 Å². The van der Waals surface area contributed by atoms with Crippen LogP contribution in [0.5, 0.6) is 5.75 Å². The van der Waals surface area contributed by atoms with Crippen LogP contribution in [0.4, 0.5) is 11.4 Å². The van der Waals surface area contributed by atoms with Gasteiger partial charge in [-0.3, -0.25) is 28.9 Å². The number of rotatable bonds is 8. The summed E-state index contributed by atoms with van der Waals surface area (Å²) in [6.07, 6.45) is -0.350. The molecule has 4 N–H and O–H groups in total. The van der Waals surface area contributed by atoms with Gasteiger partial charge >= 0.3 is 5.97 Å². The Kier molecular flexibility index (Phi) is 8.08. The van der Waals surface area contributed by atoms with Gasteiger partial charge in [-0.2, -0.15) is 0 Å². The van der Waals surface area contributed by atoms with Gasteiger partial charge in [0.15, 0.2) is 0 Å². The zero-order chi connectivity index (χ0) is 29.0. The number of aldehydes is 1. The SMILES string of the molecule is CC(=O)N1C[C@H](NC(=O)c2ccc3cc(O)ccc3c2)C(=O)N(CC(=O)N[C@H](C=O)CC(=O)O)c2ccccc21. The largest absolute Gasteiger partial charge is 0.508 e. The van der Waals surface area contributed by atoms with Gasteiger partial charge in [0.25, 0.3) is 11.8 Å². The van der Waals surface area contributed by atoms with Crippen molar-refractivity contribution in [3.63, 3.8) is 0 Å². The summed E-state index contributed by atoms with van der Waals surface area (Å²) in [6.45, 7) is 0.492. The molecule has 0 radical (unpaired) electrons. The number of nitrogens with one attached hydrogen (secondary N) is 2. The van der Waals surface area contributed by atoms with Gasteiger partial charge in [-0.15, -0.1) is 0 Å². The molecule has 1 heterocycles. The number of phenolic OH excluding ortho intramolecular Hbond substituents is 1. The number of aromatic hydroxyl groups is 1. The van der Waals surface area contributed by atoms with Gasteiger partial charge in [-0.1, -0.05) is 24.3 Å². The first-order valence-corrected chi connectivity index (χ1v) is 12.3. The lowest BCUT2D eigenvalue weighted by Gasteiger charge is -2.25. The molecule has 0 fully saturated rings. The molecule has 4 rings (SSSR count). The number of phenols is 1. The highest BCUT2D eigenvalue weighted by molar-refractivity contribution is 6.11. The molecule has 3 aromatic rings. The van der Waals surface area contributed by atoms with E-state index in [2.05, 4.69) is 10.6 Å². The number of amides is 4. The highest BCUT2D eigenvalue weighted by atomic mass is 16.4. The Balaban J connectivity index is 1.64. The fraction of sp³-hybridized carbons (Fsp3) is 0.214. The number of carbonyl (C=O) groups is 6. The van der Waals surface area contributed by atoms with E-state index >= 15 is 0 Å². The molecule has 12 nitrogen and oxygen atoms in total. The third-order valence-electron chi connectivity index (χ3n) is 6.37. The fourth-order valence-electron chi connectivity index (χ4n) is 4.49. The number of nitrogens with zero attached hydrogens (tertiary/aromatic N) is 2. The first kappa shape index (κ1) is 27.8. The van der Waals surface area contributed by atoms with Crippen molar-refractivity contribution >= 4 is 58.0 Å². The van der Waals surface area contributed by atoms with Crippen molar-refractivity contribution in [3.8, 4) is 5.75 Å². The third kappa shape index (κ3) is 6.07. The van der Waals surface area contributed by atoms with Gasteiger partial charge in [0.2, 0.25) is 11.8 Å². The standard InChI is InChI=1S/C28H26N4O8/c1-16(34)31-13-22(30-27(39)19-7-6-18-11-21(35)9-8-17(18)10-19)28(40)32(24-5-3-2-4-23(24)31)14-25(36)29-20(15-33)12-26(37)38/h2-11,15,20,22,35H,12-14H2,1H3,(H,29,36)(H,30,39)(H,37,38)/t20-,22-/m0/s1. The maximum Gasteiger partial charge on any atom is 0.305 e. The van der Waals surface area contributed by atoms with Crippen molar-refractivity contribution in [2.75, 3.05) is 22.9 Å². The lowest BCUT2D eigenvalue weighted by Crippen LogP contribution is -2.54. The molecule has 12 heteroatoms.